The highest BCUT2D eigenvalue weighted by molar-refractivity contribution is 7.79. The molecule has 0 heterocycles. The van der Waals surface area contributed by atoms with Crippen molar-refractivity contribution in [2.45, 2.75) is 41.5 Å². The summed E-state index contributed by atoms with van der Waals surface area (Å²) in [4.78, 5) is 25.1. The molecule has 0 spiro atoms. The van der Waals surface area contributed by atoms with Crippen LogP contribution in [0.2, 0.25) is 0 Å². The van der Waals surface area contributed by atoms with Crippen molar-refractivity contribution < 1.29 is 36.6 Å². The third-order valence-electron chi connectivity index (χ3n) is 2.51. The molecular formula is C20H44N2O8S. The minimum absolute atomic E-state index is 0.312. The van der Waals surface area contributed by atoms with Crippen LogP contribution in [0.3, 0.4) is 0 Å². The van der Waals surface area contributed by atoms with Gasteiger partial charge in [-0.3, -0.25) is 9.11 Å². The quantitative estimate of drug-likeness (QED) is 0.337. The van der Waals surface area contributed by atoms with E-state index in [4.69, 9.17) is 17.5 Å². The Kier molecular flexibility index (Phi) is 33.6. The van der Waals surface area contributed by atoms with Crippen molar-refractivity contribution in [2.24, 2.45) is 0 Å². The van der Waals surface area contributed by atoms with Crippen molar-refractivity contribution in [3.8, 4) is 0 Å². The Morgan fingerprint density at radius 3 is 0.935 bits per heavy atom. The van der Waals surface area contributed by atoms with Gasteiger partial charge in [0.2, 0.25) is 0 Å². The molecule has 0 fully saturated rings. The van der Waals surface area contributed by atoms with Gasteiger partial charge >= 0.3 is 22.3 Å². The van der Waals surface area contributed by atoms with Gasteiger partial charge < -0.3 is 19.3 Å². The van der Waals surface area contributed by atoms with Crippen LogP contribution in [0.5, 0.6) is 0 Å². The summed E-state index contributed by atoms with van der Waals surface area (Å²) in [6.45, 7) is 20.9. The van der Waals surface area contributed by atoms with Gasteiger partial charge in [0, 0.05) is 11.1 Å². The average molecular weight is 473 g/mol. The van der Waals surface area contributed by atoms with Crippen LogP contribution in [0.1, 0.15) is 41.5 Å². The summed E-state index contributed by atoms with van der Waals surface area (Å²) in [5.74, 6) is -0.625. The Morgan fingerprint density at radius 1 is 0.742 bits per heavy atom. The fourth-order valence-electron chi connectivity index (χ4n) is 0.509. The van der Waals surface area contributed by atoms with Crippen LogP contribution in [0.25, 0.3) is 0 Å². The summed E-state index contributed by atoms with van der Waals surface area (Å²) in [7, 11) is 3.56. The van der Waals surface area contributed by atoms with E-state index >= 15 is 0 Å². The molecule has 0 aliphatic rings. The van der Waals surface area contributed by atoms with Gasteiger partial charge in [-0.2, -0.15) is 8.42 Å². The van der Waals surface area contributed by atoms with Gasteiger partial charge in [0.15, 0.2) is 0 Å². The summed E-state index contributed by atoms with van der Waals surface area (Å²) in [6.07, 6.45) is 0. The first-order chi connectivity index (χ1) is 13.9. The van der Waals surface area contributed by atoms with Gasteiger partial charge in [-0.15, -0.1) is 0 Å². The standard InChI is InChI=1S/2C6H10O2.2C4H11N.H2O4S/c2*1-4-8-6(7)5(2)3;2*1-4-5(2)3;1-5(2,3)4/h2*2,4H2,1,3H3;2*4H2,1-3H3;(H2,1,2,3,4). The molecule has 0 unspecified atom stereocenters. The molecule has 2 N–H and O–H groups in total. The number of rotatable bonds is 6. The number of carbonyl (C=O) groups excluding carboxylic acids is 2. The van der Waals surface area contributed by atoms with Gasteiger partial charge in [0.1, 0.15) is 0 Å². The third-order valence-corrected chi connectivity index (χ3v) is 2.51. The summed E-state index contributed by atoms with van der Waals surface area (Å²) in [5, 5.41) is 0. The van der Waals surface area contributed by atoms with Crippen LogP contribution >= 0.6 is 0 Å². The second-order valence-electron chi connectivity index (χ2n) is 6.24. The van der Waals surface area contributed by atoms with Crippen LogP contribution in [0, 0.1) is 0 Å². The van der Waals surface area contributed by atoms with Gasteiger partial charge in [-0.05, 0) is 69.0 Å². The van der Waals surface area contributed by atoms with E-state index in [0.29, 0.717) is 24.4 Å². The number of carbonyl (C=O) groups is 2. The Bertz CT molecular complexity index is 530. The summed E-state index contributed by atoms with van der Waals surface area (Å²) < 4.78 is 40.7. The van der Waals surface area contributed by atoms with Crippen LogP contribution in [-0.4, -0.2) is 93.8 Å². The molecule has 11 heteroatoms. The molecule has 0 rings (SSSR count). The van der Waals surface area contributed by atoms with E-state index in [1.54, 1.807) is 27.7 Å². The van der Waals surface area contributed by atoms with E-state index in [1.165, 1.54) is 0 Å². The third kappa shape index (κ3) is 73.8. The molecule has 0 aromatic rings. The molecule has 10 nitrogen and oxygen atoms in total. The monoisotopic (exact) mass is 472 g/mol. The lowest BCUT2D eigenvalue weighted by Gasteiger charge is -2.00. The van der Waals surface area contributed by atoms with Crippen LogP contribution in [-0.2, 0) is 29.5 Å². The predicted octanol–water partition coefficient (Wildman–Crippen LogP) is 2.73. The van der Waals surface area contributed by atoms with Crippen molar-refractivity contribution >= 4 is 22.3 Å². The van der Waals surface area contributed by atoms with Gasteiger partial charge in [-0.25, -0.2) is 9.59 Å². The van der Waals surface area contributed by atoms with Crippen molar-refractivity contribution in [1.29, 1.82) is 0 Å². The molecule has 0 aromatic carbocycles. The minimum atomic E-state index is -4.67. The average Bonchev–Trinajstić information content (AvgIpc) is 2.62. The summed E-state index contributed by atoms with van der Waals surface area (Å²) in [5.41, 5.74) is 0.902. The molecule has 0 saturated heterocycles. The first-order valence-electron chi connectivity index (χ1n) is 9.55. The smallest absolute Gasteiger partial charge is 0.394 e. The van der Waals surface area contributed by atoms with Crippen molar-refractivity contribution in [3.05, 3.63) is 24.3 Å². The largest absolute Gasteiger partial charge is 0.463 e. The molecule has 0 aromatic heterocycles. The molecule has 0 radical (unpaired) electrons. The maximum absolute atomic E-state index is 10.4. The highest BCUT2D eigenvalue weighted by Gasteiger charge is 1.98. The number of hydrogen-bond donors (Lipinski definition) is 2. The SMILES string of the molecule is C=C(C)C(=O)OCC.C=C(C)C(=O)OCC.CCN(C)C.CCN(C)C.O=S(=O)(O)O. The van der Waals surface area contributed by atoms with Crippen molar-refractivity contribution in [2.75, 3.05) is 54.5 Å². The second kappa shape index (κ2) is 26.2. The van der Waals surface area contributed by atoms with Gasteiger partial charge in [0.25, 0.3) is 0 Å². The second-order valence-corrected chi connectivity index (χ2v) is 7.14. The first-order valence-corrected chi connectivity index (χ1v) is 10.9. The lowest BCUT2D eigenvalue weighted by atomic mass is 10.4. The van der Waals surface area contributed by atoms with E-state index in [9.17, 15) is 9.59 Å². The number of esters is 2. The van der Waals surface area contributed by atoms with Crippen molar-refractivity contribution in [3.63, 3.8) is 0 Å². The Balaban J connectivity index is -0.0000000928. The molecule has 0 amide bonds. The van der Waals surface area contributed by atoms with E-state index in [-0.39, 0.29) is 11.9 Å². The van der Waals surface area contributed by atoms with E-state index < -0.39 is 10.4 Å². The Hall–Kier alpha value is -1.79. The molecule has 0 atom stereocenters. The highest BCUT2D eigenvalue weighted by atomic mass is 32.3. The molecule has 0 saturated carbocycles. The van der Waals surface area contributed by atoms with Crippen LogP contribution in [0.4, 0.5) is 0 Å². The number of nitrogens with zero attached hydrogens (tertiary/aromatic N) is 2. The van der Waals surface area contributed by atoms with E-state index in [0.717, 1.165) is 13.1 Å². The zero-order valence-electron chi connectivity index (χ0n) is 20.9. The molecule has 188 valence electrons. The fraction of sp³-hybridized carbons (Fsp3) is 0.700. The fourth-order valence-corrected chi connectivity index (χ4v) is 0.509. The first kappa shape index (κ1) is 39.7. The summed E-state index contributed by atoms with van der Waals surface area (Å²) >= 11 is 0. The normalized spacial score (nSPS) is 9.23. The molecular weight excluding hydrogens is 428 g/mol. The predicted molar refractivity (Wildman–Crippen MR) is 126 cm³/mol. The minimum Gasteiger partial charge on any atom is -0.463 e. The van der Waals surface area contributed by atoms with Crippen LogP contribution in [0.15, 0.2) is 24.3 Å². The summed E-state index contributed by atoms with van der Waals surface area (Å²) in [6, 6.07) is 0. The molecule has 31 heavy (non-hydrogen) atoms. The molecule has 0 bridgehead atoms. The zero-order chi connectivity index (χ0) is 26.2. The zero-order valence-corrected chi connectivity index (χ0v) is 21.7. The van der Waals surface area contributed by atoms with Gasteiger partial charge in [-0.1, -0.05) is 27.0 Å². The Labute approximate surface area is 189 Å². The maximum Gasteiger partial charge on any atom is 0.394 e. The van der Waals surface area contributed by atoms with Gasteiger partial charge in [0.05, 0.1) is 13.2 Å². The Morgan fingerprint density at radius 2 is 0.903 bits per heavy atom. The lowest BCUT2D eigenvalue weighted by molar-refractivity contribution is -0.139. The number of ether oxygens (including phenoxy) is 2. The van der Waals surface area contributed by atoms with Crippen molar-refractivity contribution in [1.82, 2.24) is 9.80 Å². The number of hydrogen-bond acceptors (Lipinski definition) is 8. The lowest BCUT2D eigenvalue weighted by Crippen LogP contribution is -2.08. The van der Waals surface area contributed by atoms with Crippen LogP contribution < -0.4 is 0 Å². The van der Waals surface area contributed by atoms with E-state index in [1.807, 2.05) is 0 Å². The molecule has 0 aliphatic carbocycles. The highest BCUT2D eigenvalue weighted by Crippen LogP contribution is 1.90. The van der Waals surface area contributed by atoms with E-state index in [2.05, 4.69) is 74.5 Å². The maximum atomic E-state index is 10.4. The molecule has 0 aliphatic heterocycles. The topological polar surface area (TPSA) is 134 Å².